The van der Waals surface area contributed by atoms with Crippen LogP contribution in [0.5, 0.6) is 0 Å². The van der Waals surface area contributed by atoms with E-state index < -0.39 is 10.8 Å². The molecule has 52 valence electrons. The van der Waals surface area contributed by atoms with Gasteiger partial charge in [0.15, 0.2) is 0 Å². The third kappa shape index (κ3) is 13200. The monoisotopic (exact) mass is 138 g/mol. The van der Waals surface area contributed by atoms with Crippen LogP contribution in [0.4, 0.5) is 0 Å². The number of aliphatic hydroxyl groups is 1. The van der Waals surface area contributed by atoms with Crippen molar-refractivity contribution in [2.45, 2.75) is 20.0 Å². The van der Waals surface area contributed by atoms with E-state index in [1.807, 2.05) is 0 Å². The lowest BCUT2D eigenvalue weighted by molar-refractivity contribution is 0.216. The summed E-state index contributed by atoms with van der Waals surface area (Å²) in [5, 5.41) is 8.06. The van der Waals surface area contributed by atoms with Gasteiger partial charge in [-0.1, -0.05) is 0 Å². The van der Waals surface area contributed by atoms with Gasteiger partial charge in [0.25, 0.3) is 0 Å². The van der Waals surface area contributed by atoms with Crippen LogP contribution in [0.15, 0.2) is 0 Å². The quantitative estimate of drug-likeness (QED) is 0.525. The smallest absolute Gasteiger partial charge is 0.0483 e. The van der Waals surface area contributed by atoms with E-state index in [9.17, 15) is 4.21 Å². The van der Waals surface area contributed by atoms with Gasteiger partial charge in [-0.05, 0) is 13.8 Å². The molecule has 0 bridgehead atoms. The molecule has 0 spiro atoms. The van der Waals surface area contributed by atoms with Crippen molar-refractivity contribution in [3.8, 4) is 0 Å². The highest BCUT2D eigenvalue weighted by Gasteiger charge is 1.69. The second-order valence-electron chi connectivity index (χ2n) is 1.84. The number of aliphatic hydroxyl groups excluding tert-OH is 1. The molecule has 0 amide bonds. The molecule has 0 aromatic carbocycles. The molecule has 0 radical (unpaired) electrons. The van der Waals surface area contributed by atoms with Crippen LogP contribution >= 0.6 is 0 Å². The fourth-order valence-electron chi connectivity index (χ4n) is 0. The molecule has 0 saturated heterocycles. The summed E-state index contributed by atoms with van der Waals surface area (Å²) >= 11 is 0. The maximum atomic E-state index is 9.56. The summed E-state index contributed by atoms with van der Waals surface area (Å²) in [5.74, 6) is 0. The SMILES string of the molecule is CC(C)O.CS(C)=O. The highest BCUT2D eigenvalue weighted by atomic mass is 32.2. The molecule has 0 saturated carbocycles. The third-order valence-corrected chi connectivity index (χ3v) is 0. The Kier molecular flexibility index (Phi) is 9.76. The second kappa shape index (κ2) is 7.11. The number of rotatable bonds is 0. The summed E-state index contributed by atoms with van der Waals surface area (Å²) in [7, 11) is -0.611. The molecular formula is C5H14O2S. The van der Waals surface area contributed by atoms with Crippen LogP contribution in [-0.2, 0) is 10.8 Å². The summed E-state index contributed by atoms with van der Waals surface area (Å²) in [4.78, 5) is 0. The molecule has 0 aromatic heterocycles. The topological polar surface area (TPSA) is 37.3 Å². The van der Waals surface area contributed by atoms with Crippen molar-refractivity contribution in [3.63, 3.8) is 0 Å². The maximum Gasteiger partial charge on any atom is 0.0483 e. The van der Waals surface area contributed by atoms with E-state index in [0.717, 1.165) is 0 Å². The van der Waals surface area contributed by atoms with Crippen LogP contribution in [0, 0.1) is 0 Å². The Morgan fingerprint density at radius 2 is 1.38 bits per heavy atom. The van der Waals surface area contributed by atoms with Gasteiger partial charge in [-0.3, -0.25) is 4.21 Å². The molecule has 0 aliphatic rings. The average Bonchev–Trinajstić information content (AvgIpc) is 1.25. The normalized spacial score (nSPS) is 8.88. The Balaban J connectivity index is 0. The molecule has 0 unspecified atom stereocenters. The number of hydrogen-bond donors (Lipinski definition) is 1. The van der Waals surface area contributed by atoms with Gasteiger partial charge >= 0.3 is 0 Å². The zero-order valence-corrected chi connectivity index (χ0v) is 6.66. The molecule has 0 rings (SSSR count). The molecule has 0 heterocycles. The van der Waals surface area contributed by atoms with Crippen molar-refractivity contribution in [2.24, 2.45) is 0 Å². The van der Waals surface area contributed by atoms with E-state index in [2.05, 4.69) is 0 Å². The van der Waals surface area contributed by atoms with E-state index in [1.165, 1.54) is 0 Å². The first-order valence-corrected chi connectivity index (χ1v) is 4.36. The molecule has 0 aliphatic carbocycles. The van der Waals surface area contributed by atoms with Gasteiger partial charge in [0.05, 0.1) is 0 Å². The van der Waals surface area contributed by atoms with Crippen molar-refractivity contribution in [3.05, 3.63) is 0 Å². The largest absolute Gasteiger partial charge is 0.394 e. The number of hydrogen-bond acceptors (Lipinski definition) is 2. The first kappa shape index (κ1) is 11.0. The van der Waals surface area contributed by atoms with Gasteiger partial charge in [0, 0.05) is 29.4 Å². The molecule has 0 fully saturated rings. The van der Waals surface area contributed by atoms with Crippen molar-refractivity contribution < 1.29 is 9.32 Å². The average molecular weight is 138 g/mol. The Morgan fingerprint density at radius 1 is 1.38 bits per heavy atom. The van der Waals surface area contributed by atoms with Crippen LogP contribution in [0.25, 0.3) is 0 Å². The van der Waals surface area contributed by atoms with Gasteiger partial charge in [0.2, 0.25) is 0 Å². The van der Waals surface area contributed by atoms with E-state index in [-0.39, 0.29) is 6.10 Å². The summed E-state index contributed by atoms with van der Waals surface area (Å²) in [6.45, 7) is 3.44. The Bertz CT molecular complexity index is 54.7. The zero-order valence-electron chi connectivity index (χ0n) is 5.84. The molecule has 3 heteroatoms. The minimum Gasteiger partial charge on any atom is -0.394 e. The highest BCUT2D eigenvalue weighted by Crippen LogP contribution is 1.65. The van der Waals surface area contributed by atoms with Gasteiger partial charge in [0.1, 0.15) is 0 Å². The van der Waals surface area contributed by atoms with Crippen molar-refractivity contribution in [2.75, 3.05) is 12.5 Å². The zero-order chi connectivity index (χ0) is 7.15. The highest BCUT2D eigenvalue weighted by molar-refractivity contribution is 7.83. The van der Waals surface area contributed by atoms with Gasteiger partial charge in [-0.25, -0.2) is 0 Å². The second-order valence-corrected chi connectivity index (χ2v) is 3.32. The van der Waals surface area contributed by atoms with Crippen LogP contribution in [0.2, 0.25) is 0 Å². The molecule has 0 aromatic rings. The lowest BCUT2D eigenvalue weighted by Crippen LogP contribution is -1.85. The predicted octanol–water partition coefficient (Wildman–Crippen LogP) is 0.382. The fourth-order valence-corrected chi connectivity index (χ4v) is 0. The fraction of sp³-hybridized carbons (Fsp3) is 1.00. The minimum absolute atomic E-state index is 0.167. The van der Waals surface area contributed by atoms with E-state index in [4.69, 9.17) is 5.11 Å². The van der Waals surface area contributed by atoms with Gasteiger partial charge < -0.3 is 5.11 Å². The van der Waals surface area contributed by atoms with Crippen LogP contribution in [0.1, 0.15) is 13.8 Å². The Labute approximate surface area is 53.4 Å². The molecule has 8 heavy (non-hydrogen) atoms. The van der Waals surface area contributed by atoms with Gasteiger partial charge in [-0.15, -0.1) is 0 Å². The van der Waals surface area contributed by atoms with Crippen LogP contribution in [-0.4, -0.2) is 27.9 Å². The minimum atomic E-state index is -0.611. The van der Waals surface area contributed by atoms with Crippen molar-refractivity contribution in [1.82, 2.24) is 0 Å². The first-order valence-electron chi connectivity index (χ1n) is 2.40. The standard InChI is InChI=1S/C3H8O.C2H6OS/c1-3(2)4;1-4(2)3/h3-4H,1-2H3;1-2H3. The third-order valence-electron chi connectivity index (χ3n) is 0. The first-order chi connectivity index (χ1) is 3.46. The summed E-state index contributed by atoms with van der Waals surface area (Å²) in [5.41, 5.74) is 0. The van der Waals surface area contributed by atoms with E-state index in [1.54, 1.807) is 26.4 Å². The van der Waals surface area contributed by atoms with Crippen molar-refractivity contribution >= 4 is 10.8 Å². The Hall–Kier alpha value is 0.110. The summed E-state index contributed by atoms with van der Waals surface area (Å²) in [6, 6.07) is 0. The van der Waals surface area contributed by atoms with Crippen LogP contribution < -0.4 is 0 Å². The molecule has 0 aliphatic heterocycles. The molecular weight excluding hydrogens is 124 g/mol. The van der Waals surface area contributed by atoms with Crippen LogP contribution in [0.3, 0.4) is 0 Å². The lowest BCUT2D eigenvalue weighted by atomic mass is 10.5. The van der Waals surface area contributed by atoms with E-state index in [0.29, 0.717) is 0 Å². The summed E-state index contributed by atoms with van der Waals surface area (Å²) in [6.07, 6.45) is 3.11. The molecule has 2 nitrogen and oxygen atoms in total. The lowest BCUT2D eigenvalue weighted by Gasteiger charge is -1.80. The summed E-state index contributed by atoms with van der Waals surface area (Å²) < 4.78 is 9.56. The maximum absolute atomic E-state index is 9.56. The van der Waals surface area contributed by atoms with Gasteiger partial charge in [-0.2, -0.15) is 0 Å². The molecule has 1 N–H and O–H groups in total. The predicted molar refractivity (Wildman–Crippen MR) is 37.3 cm³/mol. The Morgan fingerprint density at radius 3 is 1.38 bits per heavy atom. The van der Waals surface area contributed by atoms with E-state index >= 15 is 0 Å². The molecule has 0 atom stereocenters. The van der Waals surface area contributed by atoms with Crippen molar-refractivity contribution in [1.29, 1.82) is 0 Å².